The third-order valence-electron chi connectivity index (χ3n) is 6.27. The molecule has 0 saturated heterocycles. The van der Waals surface area contributed by atoms with E-state index in [2.05, 4.69) is 5.32 Å². The molecule has 0 aromatic heterocycles. The predicted octanol–water partition coefficient (Wildman–Crippen LogP) is 4.50. The Kier molecular flexibility index (Phi) is 10.8. The summed E-state index contributed by atoms with van der Waals surface area (Å²) in [7, 11) is -1.29. The highest BCUT2D eigenvalue weighted by atomic mass is 35.5. The van der Waals surface area contributed by atoms with Gasteiger partial charge in [0.05, 0.1) is 24.8 Å². The molecule has 40 heavy (non-hydrogen) atoms. The second kappa shape index (κ2) is 14.0. The number of sulfonamides is 1. The molecule has 3 aromatic rings. The van der Waals surface area contributed by atoms with Gasteiger partial charge in [-0.15, -0.1) is 0 Å². The van der Waals surface area contributed by atoms with E-state index in [0.717, 1.165) is 9.87 Å². The molecule has 1 N–H and O–H groups in total. The monoisotopic (exact) mass is 587 g/mol. The number of rotatable bonds is 13. The molecule has 3 rings (SSSR count). The van der Waals surface area contributed by atoms with Gasteiger partial charge in [-0.3, -0.25) is 13.9 Å². The van der Waals surface area contributed by atoms with Crippen molar-refractivity contribution in [2.24, 2.45) is 0 Å². The zero-order valence-electron chi connectivity index (χ0n) is 23.0. The van der Waals surface area contributed by atoms with E-state index in [1.54, 1.807) is 68.4 Å². The molecular weight excluding hydrogens is 554 g/mol. The quantitative estimate of drug-likeness (QED) is 0.316. The van der Waals surface area contributed by atoms with Gasteiger partial charge in [0, 0.05) is 24.2 Å². The number of carbonyl (C=O) groups is 2. The van der Waals surface area contributed by atoms with E-state index in [4.69, 9.17) is 21.1 Å². The summed E-state index contributed by atoms with van der Waals surface area (Å²) in [5, 5.41) is 3.31. The Labute approximate surface area is 240 Å². The number of nitrogens with one attached hydrogen (secondary N) is 1. The number of amides is 2. The van der Waals surface area contributed by atoms with Crippen LogP contribution in [0.4, 0.5) is 5.69 Å². The van der Waals surface area contributed by atoms with Gasteiger partial charge >= 0.3 is 0 Å². The van der Waals surface area contributed by atoms with Crippen LogP contribution >= 0.6 is 11.6 Å². The molecule has 214 valence electrons. The molecule has 0 aliphatic heterocycles. The highest BCUT2D eigenvalue weighted by Gasteiger charge is 2.33. The number of halogens is 1. The van der Waals surface area contributed by atoms with E-state index < -0.39 is 28.5 Å². The largest absolute Gasteiger partial charge is 0.493 e. The van der Waals surface area contributed by atoms with Gasteiger partial charge < -0.3 is 19.7 Å². The van der Waals surface area contributed by atoms with Crippen LogP contribution in [-0.4, -0.2) is 58.5 Å². The molecule has 0 aliphatic rings. The summed E-state index contributed by atoms with van der Waals surface area (Å²) in [5.41, 5.74) is 0.941. The van der Waals surface area contributed by atoms with Crippen LogP contribution < -0.4 is 19.1 Å². The molecule has 0 unspecified atom stereocenters. The molecule has 1 atom stereocenters. The van der Waals surface area contributed by atoms with Crippen LogP contribution in [0, 0.1) is 0 Å². The Balaban J connectivity index is 2.10. The molecule has 0 radical (unpaired) electrons. The SMILES string of the molecule is CCNC(=O)[C@@H](CC)N(Cc1ccc(Cl)cc1)C(=O)CN(c1ccc(OC)c(OC)c1)S(=O)(=O)c1ccccc1. The van der Waals surface area contributed by atoms with Gasteiger partial charge in [0.2, 0.25) is 11.8 Å². The van der Waals surface area contributed by atoms with Crippen molar-refractivity contribution in [3.63, 3.8) is 0 Å². The lowest BCUT2D eigenvalue weighted by atomic mass is 10.1. The number of likely N-dealkylation sites (N-methyl/N-ethyl adjacent to an activating group) is 1. The van der Waals surface area contributed by atoms with Crippen molar-refractivity contribution in [3.05, 3.63) is 83.4 Å². The number of ether oxygens (including phenoxy) is 2. The van der Waals surface area contributed by atoms with E-state index in [0.29, 0.717) is 29.5 Å². The summed E-state index contributed by atoms with van der Waals surface area (Å²) in [6, 6.07) is 18.5. The first-order chi connectivity index (χ1) is 19.2. The van der Waals surface area contributed by atoms with Crippen molar-refractivity contribution < 1.29 is 27.5 Å². The van der Waals surface area contributed by atoms with E-state index in [9.17, 15) is 18.0 Å². The molecule has 11 heteroatoms. The highest BCUT2D eigenvalue weighted by molar-refractivity contribution is 7.92. The fourth-order valence-corrected chi connectivity index (χ4v) is 5.78. The standard InChI is InChI=1S/C29H34ClN3O6S/c1-5-25(29(35)31-6-2)32(19-21-12-14-22(30)15-13-21)28(34)20-33(40(36,37)24-10-8-7-9-11-24)23-16-17-26(38-3)27(18-23)39-4/h7-18,25H,5-6,19-20H2,1-4H3,(H,31,35)/t25-/m1/s1. The fourth-order valence-electron chi connectivity index (χ4n) is 4.23. The van der Waals surface area contributed by atoms with Crippen molar-refractivity contribution in [1.29, 1.82) is 0 Å². The molecule has 9 nitrogen and oxygen atoms in total. The maximum absolute atomic E-state index is 14.0. The molecule has 2 amide bonds. The zero-order chi connectivity index (χ0) is 29.3. The molecule has 0 spiro atoms. The molecular formula is C29H34ClN3O6S. The Morgan fingerprint density at radius 2 is 1.57 bits per heavy atom. The Morgan fingerprint density at radius 1 is 0.925 bits per heavy atom. The Hall–Kier alpha value is -3.76. The lowest BCUT2D eigenvalue weighted by Crippen LogP contribution is -2.52. The molecule has 0 heterocycles. The van der Waals surface area contributed by atoms with Crippen LogP contribution in [0.1, 0.15) is 25.8 Å². The summed E-state index contributed by atoms with van der Waals surface area (Å²) in [5.74, 6) is -0.174. The minimum absolute atomic E-state index is 0.0117. The predicted molar refractivity (Wildman–Crippen MR) is 155 cm³/mol. The van der Waals surface area contributed by atoms with Crippen molar-refractivity contribution in [2.45, 2.75) is 37.8 Å². The number of nitrogens with zero attached hydrogens (tertiary/aromatic N) is 2. The summed E-state index contributed by atoms with van der Waals surface area (Å²) in [6.45, 7) is 3.50. The van der Waals surface area contributed by atoms with Gasteiger partial charge in [-0.25, -0.2) is 8.42 Å². The highest BCUT2D eigenvalue weighted by Crippen LogP contribution is 2.34. The lowest BCUT2D eigenvalue weighted by Gasteiger charge is -2.33. The van der Waals surface area contributed by atoms with Gasteiger partial charge in [0.25, 0.3) is 10.0 Å². The minimum atomic E-state index is -4.20. The van der Waals surface area contributed by atoms with Gasteiger partial charge in [0.15, 0.2) is 11.5 Å². The van der Waals surface area contributed by atoms with Crippen molar-refractivity contribution >= 4 is 39.1 Å². The summed E-state index contributed by atoms with van der Waals surface area (Å²) >= 11 is 6.05. The van der Waals surface area contributed by atoms with Crippen LogP contribution in [0.2, 0.25) is 5.02 Å². The molecule has 0 aliphatic carbocycles. The molecule has 3 aromatic carbocycles. The first kappa shape index (κ1) is 30.8. The number of hydrogen-bond donors (Lipinski definition) is 1. The fraction of sp³-hybridized carbons (Fsp3) is 0.310. The van der Waals surface area contributed by atoms with Crippen LogP contribution in [0.3, 0.4) is 0 Å². The second-order valence-electron chi connectivity index (χ2n) is 8.83. The Morgan fingerprint density at radius 3 is 2.15 bits per heavy atom. The minimum Gasteiger partial charge on any atom is -0.493 e. The van der Waals surface area contributed by atoms with Gasteiger partial charge in [-0.1, -0.05) is 48.9 Å². The summed E-state index contributed by atoms with van der Waals surface area (Å²) in [4.78, 5) is 28.4. The number of benzene rings is 3. The van der Waals surface area contributed by atoms with E-state index in [1.807, 2.05) is 0 Å². The van der Waals surface area contributed by atoms with E-state index in [1.165, 1.54) is 37.3 Å². The zero-order valence-corrected chi connectivity index (χ0v) is 24.5. The van der Waals surface area contributed by atoms with Crippen molar-refractivity contribution in [2.75, 3.05) is 31.6 Å². The summed E-state index contributed by atoms with van der Waals surface area (Å²) < 4.78 is 39.5. The maximum Gasteiger partial charge on any atom is 0.264 e. The number of methoxy groups -OCH3 is 2. The third kappa shape index (κ3) is 7.25. The van der Waals surface area contributed by atoms with Crippen LogP contribution in [0.5, 0.6) is 11.5 Å². The molecule has 0 fully saturated rings. The van der Waals surface area contributed by atoms with Crippen LogP contribution in [-0.2, 0) is 26.2 Å². The number of carbonyl (C=O) groups excluding carboxylic acids is 2. The van der Waals surface area contributed by atoms with E-state index in [-0.39, 0.29) is 23.0 Å². The van der Waals surface area contributed by atoms with Crippen LogP contribution in [0.15, 0.2) is 77.7 Å². The normalized spacial score (nSPS) is 11.8. The third-order valence-corrected chi connectivity index (χ3v) is 8.31. The lowest BCUT2D eigenvalue weighted by molar-refractivity contribution is -0.140. The maximum atomic E-state index is 14.0. The number of hydrogen-bond acceptors (Lipinski definition) is 6. The Bertz CT molecular complexity index is 1400. The summed E-state index contributed by atoms with van der Waals surface area (Å²) in [6.07, 6.45) is 0.326. The van der Waals surface area contributed by atoms with Gasteiger partial charge in [0.1, 0.15) is 12.6 Å². The van der Waals surface area contributed by atoms with Crippen molar-refractivity contribution in [1.82, 2.24) is 10.2 Å². The topological polar surface area (TPSA) is 105 Å². The number of anilines is 1. The molecule has 0 saturated carbocycles. The van der Waals surface area contributed by atoms with Crippen LogP contribution in [0.25, 0.3) is 0 Å². The average molecular weight is 588 g/mol. The van der Waals surface area contributed by atoms with E-state index >= 15 is 0 Å². The molecule has 0 bridgehead atoms. The first-order valence-electron chi connectivity index (χ1n) is 12.8. The second-order valence-corrected chi connectivity index (χ2v) is 11.1. The first-order valence-corrected chi connectivity index (χ1v) is 14.6. The van der Waals surface area contributed by atoms with Gasteiger partial charge in [-0.05, 0) is 55.3 Å². The van der Waals surface area contributed by atoms with Gasteiger partial charge in [-0.2, -0.15) is 0 Å². The average Bonchev–Trinajstić information content (AvgIpc) is 2.96. The van der Waals surface area contributed by atoms with Crippen molar-refractivity contribution in [3.8, 4) is 11.5 Å². The smallest absolute Gasteiger partial charge is 0.264 e.